The van der Waals surface area contributed by atoms with E-state index in [4.69, 9.17) is 5.26 Å². The number of esters is 1. The minimum atomic E-state index is -0.736. The largest absolute Gasteiger partial charge is 0.465 e. The lowest BCUT2D eigenvalue weighted by molar-refractivity contribution is -0.135. The number of nitrogens with one attached hydrogen (secondary N) is 2. The summed E-state index contributed by atoms with van der Waals surface area (Å²) in [4.78, 5) is 23.4. The first-order chi connectivity index (χ1) is 10.6. The normalized spacial score (nSPS) is 10.5. The van der Waals surface area contributed by atoms with E-state index in [1.807, 2.05) is 6.92 Å². The second kappa shape index (κ2) is 9.19. The van der Waals surface area contributed by atoms with E-state index in [1.165, 1.54) is 13.3 Å². The molecule has 0 spiro atoms. The first kappa shape index (κ1) is 17.2. The van der Waals surface area contributed by atoms with Gasteiger partial charge in [-0.1, -0.05) is 25.5 Å². The van der Waals surface area contributed by atoms with Crippen molar-refractivity contribution in [2.45, 2.75) is 19.8 Å². The molecule has 1 aromatic rings. The molecule has 2 N–H and O–H groups in total. The predicted octanol–water partition coefficient (Wildman–Crippen LogP) is 2.21. The highest BCUT2D eigenvalue weighted by Crippen LogP contribution is 2.15. The van der Waals surface area contributed by atoms with Gasteiger partial charge >= 0.3 is 5.97 Å². The third-order valence-electron chi connectivity index (χ3n) is 2.89. The van der Waals surface area contributed by atoms with E-state index < -0.39 is 5.97 Å². The number of amides is 1. The maximum atomic E-state index is 12.1. The SMILES string of the molecule is CCCCNC(=O)c1ccccc1N/C=C(\C#N)C(=O)OC. The molecule has 0 heterocycles. The Morgan fingerprint density at radius 3 is 2.73 bits per heavy atom. The summed E-state index contributed by atoms with van der Waals surface area (Å²) in [5.41, 5.74) is 0.772. The smallest absolute Gasteiger partial charge is 0.350 e. The first-order valence-corrected chi connectivity index (χ1v) is 6.96. The van der Waals surface area contributed by atoms with Gasteiger partial charge in [-0.25, -0.2) is 4.79 Å². The average molecular weight is 301 g/mol. The number of rotatable bonds is 7. The summed E-state index contributed by atoms with van der Waals surface area (Å²) >= 11 is 0. The van der Waals surface area contributed by atoms with Gasteiger partial charge in [-0.2, -0.15) is 5.26 Å². The fraction of sp³-hybridized carbons (Fsp3) is 0.312. The van der Waals surface area contributed by atoms with Crippen molar-refractivity contribution in [3.8, 4) is 6.07 Å². The van der Waals surface area contributed by atoms with E-state index >= 15 is 0 Å². The number of methoxy groups -OCH3 is 1. The summed E-state index contributed by atoms with van der Waals surface area (Å²) in [6, 6.07) is 8.60. The van der Waals surface area contributed by atoms with Gasteiger partial charge in [-0.15, -0.1) is 0 Å². The number of carbonyl (C=O) groups is 2. The Labute approximate surface area is 129 Å². The Balaban J connectivity index is 2.88. The lowest BCUT2D eigenvalue weighted by Gasteiger charge is -2.10. The third-order valence-corrected chi connectivity index (χ3v) is 2.89. The monoisotopic (exact) mass is 301 g/mol. The van der Waals surface area contributed by atoms with Gasteiger partial charge < -0.3 is 15.4 Å². The lowest BCUT2D eigenvalue weighted by atomic mass is 10.1. The van der Waals surface area contributed by atoms with Crippen molar-refractivity contribution < 1.29 is 14.3 Å². The molecule has 0 atom stereocenters. The summed E-state index contributed by atoms with van der Waals surface area (Å²) in [5.74, 6) is -0.943. The molecule has 0 bridgehead atoms. The molecule has 0 saturated heterocycles. The standard InChI is InChI=1S/C16H19N3O3/c1-3-4-9-18-15(20)13-7-5-6-8-14(13)19-11-12(10-17)16(21)22-2/h5-8,11,19H,3-4,9H2,1-2H3,(H,18,20)/b12-11+. The fourth-order valence-corrected chi connectivity index (χ4v) is 1.68. The Morgan fingerprint density at radius 1 is 1.36 bits per heavy atom. The fourth-order valence-electron chi connectivity index (χ4n) is 1.68. The number of nitriles is 1. The summed E-state index contributed by atoms with van der Waals surface area (Å²) < 4.78 is 4.49. The highest BCUT2D eigenvalue weighted by atomic mass is 16.5. The molecule has 1 rings (SSSR count). The van der Waals surface area contributed by atoms with Crippen LogP contribution in [-0.2, 0) is 9.53 Å². The van der Waals surface area contributed by atoms with Crippen LogP contribution in [0.3, 0.4) is 0 Å². The minimum absolute atomic E-state index is 0.177. The van der Waals surface area contributed by atoms with Crippen LogP contribution in [0.2, 0.25) is 0 Å². The van der Waals surface area contributed by atoms with E-state index in [-0.39, 0.29) is 11.5 Å². The maximum Gasteiger partial charge on any atom is 0.350 e. The molecule has 0 unspecified atom stereocenters. The summed E-state index contributed by atoms with van der Waals surface area (Å²) in [6.45, 7) is 2.65. The summed E-state index contributed by atoms with van der Waals surface area (Å²) in [5, 5.41) is 14.5. The molecule has 1 aromatic carbocycles. The number of unbranched alkanes of at least 4 members (excludes halogenated alkanes) is 1. The quantitative estimate of drug-likeness (QED) is 0.349. The van der Waals surface area contributed by atoms with Crippen LogP contribution in [0.25, 0.3) is 0 Å². The average Bonchev–Trinajstić information content (AvgIpc) is 2.55. The number of hydrogen-bond donors (Lipinski definition) is 2. The Kier molecular flexibility index (Phi) is 7.20. The van der Waals surface area contributed by atoms with Crippen molar-refractivity contribution in [1.29, 1.82) is 5.26 Å². The van der Waals surface area contributed by atoms with Crippen molar-refractivity contribution in [2.24, 2.45) is 0 Å². The van der Waals surface area contributed by atoms with Gasteiger partial charge in [0.15, 0.2) is 5.57 Å². The molecular weight excluding hydrogens is 282 g/mol. The van der Waals surface area contributed by atoms with Gasteiger partial charge in [0.2, 0.25) is 0 Å². The zero-order chi connectivity index (χ0) is 16.4. The van der Waals surface area contributed by atoms with E-state index in [9.17, 15) is 9.59 Å². The molecule has 6 nitrogen and oxygen atoms in total. The maximum absolute atomic E-state index is 12.1. The lowest BCUT2D eigenvalue weighted by Crippen LogP contribution is -2.25. The van der Waals surface area contributed by atoms with Gasteiger partial charge in [0.25, 0.3) is 5.91 Å². The van der Waals surface area contributed by atoms with Crippen molar-refractivity contribution in [3.05, 3.63) is 41.6 Å². The van der Waals surface area contributed by atoms with Crippen LogP contribution in [0.5, 0.6) is 0 Å². The van der Waals surface area contributed by atoms with Crippen LogP contribution in [0, 0.1) is 11.3 Å². The number of carbonyl (C=O) groups excluding carboxylic acids is 2. The molecule has 22 heavy (non-hydrogen) atoms. The Hall–Kier alpha value is -2.81. The van der Waals surface area contributed by atoms with Gasteiger partial charge in [-0.3, -0.25) is 4.79 Å². The number of benzene rings is 1. The third kappa shape index (κ3) is 4.94. The Morgan fingerprint density at radius 2 is 2.09 bits per heavy atom. The number of ether oxygens (including phenoxy) is 1. The molecule has 0 saturated carbocycles. The van der Waals surface area contributed by atoms with Crippen LogP contribution < -0.4 is 10.6 Å². The molecule has 0 aliphatic heterocycles. The highest BCUT2D eigenvalue weighted by molar-refractivity contribution is 6.00. The van der Waals surface area contributed by atoms with Crippen LogP contribution in [-0.4, -0.2) is 25.5 Å². The van der Waals surface area contributed by atoms with Gasteiger partial charge in [-0.05, 0) is 18.6 Å². The first-order valence-electron chi connectivity index (χ1n) is 6.96. The molecule has 0 aliphatic rings. The number of anilines is 1. The van der Waals surface area contributed by atoms with E-state index in [0.29, 0.717) is 17.8 Å². The van der Waals surface area contributed by atoms with E-state index in [0.717, 1.165) is 12.8 Å². The molecule has 6 heteroatoms. The van der Waals surface area contributed by atoms with Crippen molar-refractivity contribution in [2.75, 3.05) is 19.0 Å². The number of nitrogens with zero attached hydrogens (tertiary/aromatic N) is 1. The summed E-state index contributed by atoms with van der Waals surface area (Å²) in [6.07, 6.45) is 3.12. The number of para-hydroxylation sites is 1. The summed E-state index contributed by atoms with van der Waals surface area (Å²) in [7, 11) is 1.20. The van der Waals surface area contributed by atoms with Crippen LogP contribution in [0.4, 0.5) is 5.69 Å². The van der Waals surface area contributed by atoms with Gasteiger partial charge in [0, 0.05) is 12.7 Å². The predicted molar refractivity (Wildman–Crippen MR) is 83.0 cm³/mol. The topological polar surface area (TPSA) is 91.2 Å². The van der Waals surface area contributed by atoms with Gasteiger partial charge in [0.1, 0.15) is 6.07 Å². The molecular formula is C16H19N3O3. The second-order valence-electron chi connectivity index (χ2n) is 4.46. The molecule has 0 aromatic heterocycles. The zero-order valence-electron chi connectivity index (χ0n) is 12.7. The van der Waals surface area contributed by atoms with Crippen LogP contribution >= 0.6 is 0 Å². The zero-order valence-corrected chi connectivity index (χ0v) is 12.7. The van der Waals surface area contributed by atoms with E-state index in [2.05, 4.69) is 15.4 Å². The number of hydrogen-bond acceptors (Lipinski definition) is 5. The molecule has 0 aliphatic carbocycles. The van der Waals surface area contributed by atoms with Crippen molar-refractivity contribution in [1.82, 2.24) is 5.32 Å². The molecule has 0 radical (unpaired) electrons. The molecule has 1 amide bonds. The van der Waals surface area contributed by atoms with Crippen LogP contribution in [0.1, 0.15) is 30.1 Å². The van der Waals surface area contributed by atoms with Crippen molar-refractivity contribution >= 4 is 17.6 Å². The van der Waals surface area contributed by atoms with Crippen molar-refractivity contribution in [3.63, 3.8) is 0 Å². The minimum Gasteiger partial charge on any atom is -0.465 e. The molecule has 0 fully saturated rings. The van der Waals surface area contributed by atoms with E-state index in [1.54, 1.807) is 30.3 Å². The second-order valence-corrected chi connectivity index (χ2v) is 4.46. The van der Waals surface area contributed by atoms with Crippen LogP contribution in [0.15, 0.2) is 36.0 Å². The Bertz CT molecular complexity index is 603. The molecule has 116 valence electrons. The highest BCUT2D eigenvalue weighted by Gasteiger charge is 2.11. The van der Waals surface area contributed by atoms with Gasteiger partial charge in [0.05, 0.1) is 18.4 Å².